The predicted octanol–water partition coefficient (Wildman–Crippen LogP) is 2.02. The molecule has 3 heterocycles. The van der Waals surface area contributed by atoms with E-state index in [0.29, 0.717) is 16.9 Å². The molecule has 3 rings (SSSR count). The third-order valence-corrected chi connectivity index (χ3v) is 4.49. The minimum atomic E-state index is 0.587. The fourth-order valence-corrected chi connectivity index (χ4v) is 3.11. The van der Waals surface area contributed by atoms with Gasteiger partial charge in [0.15, 0.2) is 0 Å². The van der Waals surface area contributed by atoms with E-state index in [1.165, 1.54) is 11.8 Å². The topological polar surface area (TPSA) is 77.2 Å². The van der Waals surface area contributed by atoms with Gasteiger partial charge in [-0.1, -0.05) is 23.5 Å². The van der Waals surface area contributed by atoms with Gasteiger partial charge in [-0.2, -0.15) is 0 Å². The molecule has 0 unspecified atom stereocenters. The smallest absolute Gasteiger partial charge is 0.276 e. The van der Waals surface area contributed by atoms with E-state index in [0.717, 1.165) is 43.0 Å². The van der Waals surface area contributed by atoms with Crippen LogP contribution in [-0.4, -0.2) is 52.7 Å². The highest BCUT2D eigenvalue weighted by molar-refractivity contribution is 7.98. The monoisotopic (exact) mass is 339 g/mol. The minimum absolute atomic E-state index is 0.587. The molecule has 1 saturated heterocycles. The van der Waals surface area contributed by atoms with Crippen LogP contribution < -0.4 is 4.90 Å². The number of rotatable bonds is 5. The van der Waals surface area contributed by atoms with Crippen LogP contribution in [0.1, 0.15) is 11.6 Å². The van der Waals surface area contributed by atoms with Crippen molar-refractivity contribution >= 4 is 29.5 Å². The third kappa shape index (κ3) is 3.90. The predicted molar refractivity (Wildman–Crippen MR) is 85.4 cm³/mol. The summed E-state index contributed by atoms with van der Waals surface area (Å²) >= 11 is 3.02. The van der Waals surface area contributed by atoms with Gasteiger partial charge in [0, 0.05) is 18.8 Å². The number of anilines is 1. The van der Waals surface area contributed by atoms with E-state index in [4.69, 9.17) is 9.15 Å². The Hall–Kier alpha value is -1.32. The Labute approximate surface area is 137 Å². The summed E-state index contributed by atoms with van der Waals surface area (Å²) in [5, 5.41) is 9.44. The second-order valence-electron chi connectivity index (χ2n) is 4.70. The van der Waals surface area contributed by atoms with Crippen LogP contribution >= 0.6 is 23.5 Å². The molecule has 0 amide bonds. The molecule has 0 saturated carbocycles. The molecule has 0 bridgehead atoms. The van der Waals surface area contributed by atoms with E-state index in [1.807, 2.05) is 19.2 Å². The summed E-state index contributed by atoms with van der Waals surface area (Å²) in [6, 6.07) is 1.97. The summed E-state index contributed by atoms with van der Waals surface area (Å²) in [7, 11) is 0. The summed E-state index contributed by atoms with van der Waals surface area (Å²) in [6.07, 6.45) is 1.91. The maximum atomic E-state index is 5.48. The maximum Gasteiger partial charge on any atom is 0.276 e. The molecular formula is C13H17N5O2S2. The van der Waals surface area contributed by atoms with Crippen molar-refractivity contribution in [2.75, 3.05) is 37.5 Å². The Morgan fingerprint density at radius 2 is 2.05 bits per heavy atom. The van der Waals surface area contributed by atoms with Crippen molar-refractivity contribution in [3.63, 3.8) is 0 Å². The molecular weight excluding hydrogens is 322 g/mol. The van der Waals surface area contributed by atoms with Crippen molar-refractivity contribution in [2.45, 2.75) is 22.9 Å². The SMILES string of the molecule is CSc1nnc(CSc2cc(C)nc(N3CCOCC3)n2)o1. The fraction of sp³-hybridized carbons (Fsp3) is 0.538. The van der Waals surface area contributed by atoms with E-state index in [2.05, 4.69) is 25.1 Å². The molecule has 0 radical (unpaired) electrons. The molecule has 22 heavy (non-hydrogen) atoms. The first-order valence-corrected chi connectivity index (χ1v) is 9.13. The molecule has 9 heteroatoms. The van der Waals surface area contributed by atoms with Gasteiger partial charge in [0.1, 0.15) is 5.03 Å². The summed E-state index contributed by atoms with van der Waals surface area (Å²) in [5.41, 5.74) is 0.953. The summed E-state index contributed by atoms with van der Waals surface area (Å²) in [5.74, 6) is 1.98. The van der Waals surface area contributed by atoms with E-state index in [-0.39, 0.29) is 0 Å². The molecule has 0 spiro atoms. The van der Waals surface area contributed by atoms with E-state index < -0.39 is 0 Å². The van der Waals surface area contributed by atoms with Crippen molar-refractivity contribution in [1.82, 2.24) is 20.2 Å². The van der Waals surface area contributed by atoms with Crippen LogP contribution in [0.25, 0.3) is 0 Å². The van der Waals surface area contributed by atoms with Crippen LogP contribution in [0.4, 0.5) is 5.95 Å². The number of thioether (sulfide) groups is 2. The second-order valence-corrected chi connectivity index (χ2v) is 6.45. The van der Waals surface area contributed by atoms with Gasteiger partial charge in [-0.3, -0.25) is 0 Å². The van der Waals surface area contributed by atoms with Crippen LogP contribution in [0.3, 0.4) is 0 Å². The molecule has 7 nitrogen and oxygen atoms in total. The summed E-state index contributed by atoms with van der Waals surface area (Å²) < 4.78 is 10.8. The van der Waals surface area contributed by atoms with Crippen LogP contribution in [0, 0.1) is 6.92 Å². The van der Waals surface area contributed by atoms with Gasteiger partial charge in [0.25, 0.3) is 5.22 Å². The second kappa shape index (κ2) is 7.30. The number of morpholine rings is 1. The van der Waals surface area contributed by atoms with E-state index in [9.17, 15) is 0 Å². The molecule has 2 aromatic heterocycles. The lowest BCUT2D eigenvalue weighted by molar-refractivity contribution is 0.122. The summed E-state index contributed by atoms with van der Waals surface area (Å²) in [4.78, 5) is 11.3. The number of aromatic nitrogens is 4. The van der Waals surface area contributed by atoms with Gasteiger partial charge in [0.05, 0.1) is 19.0 Å². The number of ether oxygens (including phenoxy) is 1. The average molecular weight is 339 g/mol. The average Bonchev–Trinajstić information content (AvgIpc) is 3.01. The highest BCUT2D eigenvalue weighted by Crippen LogP contribution is 2.24. The largest absolute Gasteiger partial charge is 0.415 e. The van der Waals surface area contributed by atoms with Crippen molar-refractivity contribution in [3.05, 3.63) is 17.7 Å². The van der Waals surface area contributed by atoms with Crippen LogP contribution in [0.5, 0.6) is 0 Å². The molecule has 1 aliphatic heterocycles. The standard InChI is InChI=1S/C13H17N5O2S2/c1-9-7-11(22-8-10-16-17-13(20-10)21-2)15-12(14-9)18-3-5-19-6-4-18/h7H,3-6,8H2,1-2H3. The van der Waals surface area contributed by atoms with Crippen molar-refractivity contribution in [1.29, 1.82) is 0 Å². The van der Waals surface area contributed by atoms with Crippen LogP contribution in [0.2, 0.25) is 0 Å². The number of aryl methyl sites for hydroxylation is 1. The Balaban J connectivity index is 1.68. The van der Waals surface area contributed by atoms with Gasteiger partial charge in [-0.05, 0) is 19.2 Å². The Morgan fingerprint density at radius 3 is 2.77 bits per heavy atom. The quantitative estimate of drug-likeness (QED) is 0.600. The molecule has 0 aromatic carbocycles. The Morgan fingerprint density at radius 1 is 1.23 bits per heavy atom. The molecule has 118 valence electrons. The minimum Gasteiger partial charge on any atom is -0.415 e. The summed E-state index contributed by atoms with van der Waals surface area (Å²) in [6.45, 7) is 5.08. The highest BCUT2D eigenvalue weighted by Gasteiger charge is 2.15. The lowest BCUT2D eigenvalue weighted by atomic mass is 10.4. The van der Waals surface area contributed by atoms with Gasteiger partial charge < -0.3 is 14.1 Å². The molecule has 0 N–H and O–H groups in total. The van der Waals surface area contributed by atoms with Gasteiger partial charge in [-0.25, -0.2) is 9.97 Å². The number of hydrogen-bond acceptors (Lipinski definition) is 9. The lowest BCUT2D eigenvalue weighted by Crippen LogP contribution is -2.37. The van der Waals surface area contributed by atoms with Gasteiger partial charge in [-0.15, -0.1) is 10.2 Å². The fourth-order valence-electron chi connectivity index (χ4n) is 2.02. The zero-order valence-corrected chi connectivity index (χ0v) is 14.1. The molecule has 0 atom stereocenters. The molecule has 1 fully saturated rings. The first kappa shape index (κ1) is 15.6. The third-order valence-electron chi connectivity index (χ3n) is 3.08. The zero-order chi connectivity index (χ0) is 15.4. The number of nitrogens with zero attached hydrogens (tertiary/aromatic N) is 5. The highest BCUT2D eigenvalue weighted by atomic mass is 32.2. The normalized spacial score (nSPS) is 15.3. The first-order valence-electron chi connectivity index (χ1n) is 6.92. The van der Waals surface area contributed by atoms with Gasteiger partial charge in [0.2, 0.25) is 11.8 Å². The lowest BCUT2D eigenvalue weighted by Gasteiger charge is -2.27. The van der Waals surface area contributed by atoms with Crippen LogP contribution in [0.15, 0.2) is 20.7 Å². The molecule has 2 aromatic rings. The van der Waals surface area contributed by atoms with E-state index >= 15 is 0 Å². The number of hydrogen-bond donors (Lipinski definition) is 0. The Bertz CT molecular complexity index is 631. The van der Waals surface area contributed by atoms with E-state index in [1.54, 1.807) is 11.8 Å². The van der Waals surface area contributed by atoms with Gasteiger partial charge >= 0.3 is 0 Å². The Kier molecular flexibility index (Phi) is 5.16. The molecule has 1 aliphatic rings. The zero-order valence-electron chi connectivity index (χ0n) is 12.5. The van der Waals surface area contributed by atoms with Crippen molar-refractivity contribution in [2.24, 2.45) is 0 Å². The molecule has 0 aliphatic carbocycles. The van der Waals surface area contributed by atoms with Crippen LogP contribution in [-0.2, 0) is 10.5 Å². The first-order chi connectivity index (χ1) is 10.7. The van der Waals surface area contributed by atoms with Crippen molar-refractivity contribution in [3.8, 4) is 0 Å². The maximum absolute atomic E-state index is 5.48. The van der Waals surface area contributed by atoms with Crippen molar-refractivity contribution < 1.29 is 9.15 Å².